The molecule has 0 saturated heterocycles. The molecule has 0 saturated carbocycles. The monoisotopic (exact) mass is 283 g/mol. The first-order valence-electron chi connectivity index (χ1n) is 6.89. The molecule has 1 aliphatic rings. The Balaban J connectivity index is 2.21. The highest BCUT2D eigenvalue weighted by atomic mass is 32.1. The molecular formula is C18H21NS. The van der Waals surface area contributed by atoms with Crippen LogP contribution in [0.2, 0.25) is 0 Å². The standard InChI is InChI=1S/C18H21NS/c1-14(16-8-3-2-4-9-16)17-10-6-5-7-15(11-17)12-18(19)13-20/h2-5,7-11,18,20H,1,6,12-13,19H2/t18-/m1/s1. The predicted octanol–water partition coefficient (Wildman–Crippen LogP) is 4.16. The SMILES string of the molecule is C=C(C1=CCC=CC(C[C@@H](N)CS)=C1)c1ccccc1. The summed E-state index contributed by atoms with van der Waals surface area (Å²) in [7, 11) is 0. The van der Waals surface area contributed by atoms with Gasteiger partial charge < -0.3 is 5.73 Å². The van der Waals surface area contributed by atoms with Crippen molar-refractivity contribution in [3.05, 3.63) is 77.9 Å². The third kappa shape index (κ3) is 3.99. The van der Waals surface area contributed by atoms with Gasteiger partial charge in [-0.1, -0.05) is 61.2 Å². The molecule has 1 aromatic rings. The molecule has 104 valence electrons. The first kappa shape index (κ1) is 14.9. The lowest BCUT2D eigenvalue weighted by atomic mass is 9.96. The zero-order valence-corrected chi connectivity index (χ0v) is 12.5. The van der Waals surface area contributed by atoms with Crippen molar-refractivity contribution < 1.29 is 0 Å². The van der Waals surface area contributed by atoms with Gasteiger partial charge in [-0.2, -0.15) is 12.6 Å². The minimum atomic E-state index is 0.0959. The number of benzene rings is 1. The van der Waals surface area contributed by atoms with Gasteiger partial charge in [0.25, 0.3) is 0 Å². The summed E-state index contributed by atoms with van der Waals surface area (Å²) in [5.74, 6) is 0.698. The number of hydrogen-bond donors (Lipinski definition) is 2. The number of rotatable bonds is 5. The van der Waals surface area contributed by atoms with E-state index in [9.17, 15) is 0 Å². The molecule has 0 unspecified atom stereocenters. The molecule has 1 aromatic carbocycles. The highest BCUT2D eigenvalue weighted by Crippen LogP contribution is 2.26. The summed E-state index contributed by atoms with van der Waals surface area (Å²) in [6.07, 6.45) is 10.5. The largest absolute Gasteiger partial charge is 0.327 e. The van der Waals surface area contributed by atoms with Crippen LogP contribution >= 0.6 is 12.6 Å². The molecule has 0 amide bonds. The van der Waals surface area contributed by atoms with Crippen LogP contribution in [0.15, 0.2) is 72.4 Å². The zero-order chi connectivity index (χ0) is 14.4. The quantitative estimate of drug-likeness (QED) is 0.780. The highest BCUT2D eigenvalue weighted by molar-refractivity contribution is 7.80. The van der Waals surface area contributed by atoms with Crippen molar-refractivity contribution in [1.82, 2.24) is 0 Å². The van der Waals surface area contributed by atoms with Crippen LogP contribution in [-0.4, -0.2) is 11.8 Å². The summed E-state index contributed by atoms with van der Waals surface area (Å²) in [5.41, 5.74) is 10.6. The van der Waals surface area contributed by atoms with Crippen LogP contribution in [0.4, 0.5) is 0 Å². The van der Waals surface area contributed by atoms with Crippen LogP contribution in [0.3, 0.4) is 0 Å². The fourth-order valence-corrected chi connectivity index (χ4v) is 2.36. The third-order valence-electron chi connectivity index (χ3n) is 3.35. The van der Waals surface area contributed by atoms with Crippen molar-refractivity contribution in [3.8, 4) is 0 Å². The summed E-state index contributed by atoms with van der Waals surface area (Å²) < 4.78 is 0. The summed E-state index contributed by atoms with van der Waals surface area (Å²) >= 11 is 4.25. The lowest BCUT2D eigenvalue weighted by molar-refractivity contribution is 0.753. The molecule has 1 atom stereocenters. The fraction of sp³-hybridized carbons (Fsp3) is 0.222. The second-order valence-corrected chi connectivity index (χ2v) is 5.37. The van der Waals surface area contributed by atoms with E-state index in [1.807, 2.05) is 18.2 Å². The van der Waals surface area contributed by atoms with Crippen LogP contribution in [0.25, 0.3) is 5.57 Å². The molecule has 1 nitrogen and oxygen atoms in total. The van der Waals surface area contributed by atoms with Crippen molar-refractivity contribution >= 4 is 18.2 Å². The van der Waals surface area contributed by atoms with Gasteiger partial charge in [-0.05, 0) is 35.1 Å². The average molecular weight is 283 g/mol. The van der Waals surface area contributed by atoms with E-state index in [1.165, 1.54) is 11.1 Å². The van der Waals surface area contributed by atoms with E-state index in [1.54, 1.807) is 0 Å². The molecule has 0 aliphatic heterocycles. The maximum absolute atomic E-state index is 5.99. The predicted molar refractivity (Wildman–Crippen MR) is 91.8 cm³/mol. The molecule has 0 heterocycles. The Hall–Kier alpha value is -1.51. The van der Waals surface area contributed by atoms with Gasteiger partial charge in [0.05, 0.1) is 0 Å². The third-order valence-corrected chi connectivity index (χ3v) is 3.82. The summed E-state index contributed by atoms with van der Waals surface area (Å²) in [6.45, 7) is 4.24. The summed E-state index contributed by atoms with van der Waals surface area (Å²) in [5, 5.41) is 0. The smallest absolute Gasteiger partial charge is 0.0168 e. The summed E-state index contributed by atoms with van der Waals surface area (Å²) in [4.78, 5) is 0. The lowest BCUT2D eigenvalue weighted by Gasteiger charge is -2.11. The van der Waals surface area contributed by atoms with Gasteiger partial charge in [0.2, 0.25) is 0 Å². The van der Waals surface area contributed by atoms with Crippen molar-refractivity contribution in [2.24, 2.45) is 5.73 Å². The molecule has 0 fully saturated rings. The van der Waals surface area contributed by atoms with E-state index in [-0.39, 0.29) is 6.04 Å². The Morgan fingerprint density at radius 1 is 1.30 bits per heavy atom. The normalized spacial score (nSPS) is 16.1. The Kier molecular flexibility index (Phi) is 5.45. The number of thiol groups is 1. The Morgan fingerprint density at radius 2 is 2.05 bits per heavy atom. The minimum Gasteiger partial charge on any atom is -0.327 e. The highest BCUT2D eigenvalue weighted by Gasteiger charge is 2.08. The first-order chi connectivity index (χ1) is 9.70. The van der Waals surface area contributed by atoms with Gasteiger partial charge in [-0.3, -0.25) is 0 Å². The van der Waals surface area contributed by atoms with E-state index in [0.717, 1.165) is 24.0 Å². The maximum Gasteiger partial charge on any atom is 0.0168 e. The number of nitrogens with two attached hydrogens (primary N) is 1. The second-order valence-electron chi connectivity index (χ2n) is 5.01. The van der Waals surface area contributed by atoms with Crippen LogP contribution < -0.4 is 5.73 Å². The van der Waals surface area contributed by atoms with E-state index < -0.39 is 0 Å². The topological polar surface area (TPSA) is 26.0 Å². The van der Waals surface area contributed by atoms with Crippen molar-refractivity contribution in [2.45, 2.75) is 18.9 Å². The van der Waals surface area contributed by atoms with Crippen LogP contribution in [-0.2, 0) is 0 Å². The van der Waals surface area contributed by atoms with E-state index >= 15 is 0 Å². The van der Waals surface area contributed by atoms with E-state index in [0.29, 0.717) is 5.75 Å². The van der Waals surface area contributed by atoms with Gasteiger partial charge >= 0.3 is 0 Å². The Morgan fingerprint density at radius 3 is 2.75 bits per heavy atom. The molecule has 2 N–H and O–H groups in total. The second kappa shape index (κ2) is 7.32. The van der Waals surface area contributed by atoms with Gasteiger partial charge in [0, 0.05) is 11.8 Å². The number of allylic oxidation sites excluding steroid dienone is 6. The van der Waals surface area contributed by atoms with Crippen molar-refractivity contribution in [2.75, 3.05) is 5.75 Å². The van der Waals surface area contributed by atoms with Crippen molar-refractivity contribution in [3.63, 3.8) is 0 Å². The summed E-state index contributed by atoms with van der Waals surface area (Å²) in [6, 6.07) is 10.4. The fourth-order valence-electron chi connectivity index (χ4n) is 2.23. The number of hydrogen-bond acceptors (Lipinski definition) is 2. The molecule has 0 radical (unpaired) electrons. The Labute approximate surface area is 127 Å². The lowest BCUT2D eigenvalue weighted by Crippen LogP contribution is -2.21. The molecule has 0 aromatic heterocycles. The first-order valence-corrected chi connectivity index (χ1v) is 7.52. The van der Waals surface area contributed by atoms with Gasteiger partial charge in [-0.15, -0.1) is 0 Å². The van der Waals surface area contributed by atoms with Crippen molar-refractivity contribution in [1.29, 1.82) is 0 Å². The van der Waals surface area contributed by atoms with E-state index in [4.69, 9.17) is 5.73 Å². The molecule has 2 rings (SSSR count). The molecule has 20 heavy (non-hydrogen) atoms. The van der Waals surface area contributed by atoms with Crippen LogP contribution in [0.5, 0.6) is 0 Å². The average Bonchev–Trinajstić information content (AvgIpc) is 2.73. The van der Waals surface area contributed by atoms with Crippen LogP contribution in [0, 0.1) is 0 Å². The Bertz CT molecular complexity index is 552. The molecular weight excluding hydrogens is 262 g/mol. The van der Waals surface area contributed by atoms with Gasteiger partial charge in [0.15, 0.2) is 0 Å². The molecule has 1 aliphatic carbocycles. The zero-order valence-electron chi connectivity index (χ0n) is 11.6. The van der Waals surface area contributed by atoms with E-state index in [2.05, 4.69) is 55.6 Å². The van der Waals surface area contributed by atoms with Gasteiger partial charge in [-0.25, -0.2) is 0 Å². The maximum atomic E-state index is 5.99. The minimum absolute atomic E-state index is 0.0959. The van der Waals surface area contributed by atoms with Crippen LogP contribution in [0.1, 0.15) is 18.4 Å². The van der Waals surface area contributed by atoms with Gasteiger partial charge in [0.1, 0.15) is 0 Å². The molecule has 0 spiro atoms. The molecule has 0 bridgehead atoms. The molecule has 2 heteroatoms.